The number of hydrogen-bond acceptors (Lipinski definition) is 2. The lowest BCUT2D eigenvalue weighted by molar-refractivity contribution is 1.01. The first kappa shape index (κ1) is 6.56. The molecule has 0 spiro atoms. The monoisotopic (exact) mass is 146 g/mol. The highest BCUT2D eigenvalue weighted by atomic mass is 33.1. The molecule has 0 radical (unpaired) electrons. The Morgan fingerprint density at radius 2 is 2.50 bits per heavy atom. The molecule has 0 amide bonds. The van der Waals surface area contributed by atoms with Crippen LogP contribution in [0.4, 0.5) is 0 Å². The van der Waals surface area contributed by atoms with Crippen molar-refractivity contribution in [2.24, 2.45) is 0 Å². The molecule has 1 rings (SSSR count). The topological polar surface area (TPSA) is 0 Å². The maximum absolute atomic E-state index is 2.28. The van der Waals surface area contributed by atoms with E-state index in [2.05, 4.69) is 19.1 Å². The molecule has 1 atom stereocenters. The van der Waals surface area contributed by atoms with E-state index < -0.39 is 0 Å². The fourth-order valence-corrected chi connectivity index (χ4v) is 3.48. The van der Waals surface area contributed by atoms with Gasteiger partial charge in [0.05, 0.1) is 0 Å². The largest absolute Gasteiger partial charge is 0.0935 e. The van der Waals surface area contributed by atoms with Crippen molar-refractivity contribution in [2.75, 3.05) is 5.75 Å². The van der Waals surface area contributed by atoms with Crippen molar-refractivity contribution in [3.63, 3.8) is 0 Å². The molecule has 0 N–H and O–H groups in total. The highest BCUT2D eigenvalue weighted by molar-refractivity contribution is 8.77. The smallest absolute Gasteiger partial charge is 0.0339 e. The summed E-state index contributed by atoms with van der Waals surface area (Å²) in [5.41, 5.74) is 0. The second-order valence-corrected chi connectivity index (χ2v) is 4.50. The molecule has 8 heavy (non-hydrogen) atoms. The Morgan fingerprint density at radius 3 is 3.00 bits per heavy atom. The third-order valence-corrected chi connectivity index (χ3v) is 3.91. The first-order chi connectivity index (χ1) is 3.93. The number of hydrogen-bond donors (Lipinski definition) is 0. The molecule has 0 aromatic rings. The number of allylic oxidation sites excluding steroid dienone is 1. The number of rotatable bonds is 1. The molecule has 1 aliphatic heterocycles. The van der Waals surface area contributed by atoms with Gasteiger partial charge in [-0.05, 0) is 13.3 Å². The summed E-state index contributed by atoms with van der Waals surface area (Å²) >= 11 is 0. The van der Waals surface area contributed by atoms with Crippen LogP contribution in [0.5, 0.6) is 0 Å². The van der Waals surface area contributed by atoms with Gasteiger partial charge in [-0.2, -0.15) is 0 Å². The van der Waals surface area contributed by atoms with Crippen molar-refractivity contribution in [3.8, 4) is 0 Å². The van der Waals surface area contributed by atoms with Gasteiger partial charge in [-0.15, -0.1) is 0 Å². The standard InChI is InChI=1S/C6H10S2/c1-2-3-6-4-5-7-8-6/h2-3,6H,4-5H2,1H3/b3-2+/t6-/m0/s1. The van der Waals surface area contributed by atoms with Crippen LogP contribution in [0.15, 0.2) is 12.2 Å². The SMILES string of the molecule is C/C=C/[C@H]1CCSS1. The quantitative estimate of drug-likeness (QED) is 0.412. The maximum Gasteiger partial charge on any atom is 0.0339 e. The van der Waals surface area contributed by atoms with E-state index in [0.717, 1.165) is 5.25 Å². The van der Waals surface area contributed by atoms with E-state index in [0.29, 0.717) is 0 Å². The Bertz CT molecular complexity index is 82.5. The van der Waals surface area contributed by atoms with Gasteiger partial charge in [-0.1, -0.05) is 33.7 Å². The summed E-state index contributed by atoms with van der Waals surface area (Å²) in [6.07, 6.45) is 5.79. The molecular formula is C6H10S2. The van der Waals surface area contributed by atoms with E-state index in [9.17, 15) is 0 Å². The van der Waals surface area contributed by atoms with Crippen molar-refractivity contribution in [2.45, 2.75) is 18.6 Å². The van der Waals surface area contributed by atoms with Crippen molar-refractivity contribution < 1.29 is 0 Å². The molecule has 1 saturated heterocycles. The normalized spacial score (nSPS) is 29.9. The van der Waals surface area contributed by atoms with Gasteiger partial charge in [0.15, 0.2) is 0 Å². The average Bonchev–Trinajstić information content (AvgIpc) is 2.19. The molecule has 0 saturated carbocycles. The van der Waals surface area contributed by atoms with Gasteiger partial charge in [-0.3, -0.25) is 0 Å². The maximum atomic E-state index is 2.28. The van der Waals surface area contributed by atoms with Crippen LogP contribution in [-0.2, 0) is 0 Å². The molecule has 2 heteroatoms. The lowest BCUT2D eigenvalue weighted by atomic mass is 10.3. The second kappa shape index (κ2) is 3.46. The van der Waals surface area contributed by atoms with E-state index >= 15 is 0 Å². The molecule has 0 bridgehead atoms. The summed E-state index contributed by atoms with van der Waals surface area (Å²) in [6.45, 7) is 2.09. The molecule has 0 aliphatic carbocycles. The van der Waals surface area contributed by atoms with Crippen LogP contribution in [0.2, 0.25) is 0 Å². The summed E-state index contributed by atoms with van der Waals surface area (Å²) in [7, 11) is 3.98. The van der Waals surface area contributed by atoms with Crippen molar-refractivity contribution >= 4 is 21.6 Å². The summed E-state index contributed by atoms with van der Waals surface area (Å²) in [5, 5.41) is 0.810. The third kappa shape index (κ3) is 1.75. The molecular weight excluding hydrogens is 136 g/mol. The summed E-state index contributed by atoms with van der Waals surface area (Å²) < 4.78 is 0. The first-order valence-corrected chi connectivity index (χ1v) is 5.23. The fourth-order valence-electron chi connectivity index (χ4n) is 0.691. The zero-order chi connectivity index (χ0) is 5.82. The van der Waals surface area contributed by atoms with Crippen molar-refractivity contribution in [1.82, 2.24) is 0 Å². The van der Waals surface area contributed by atoms with Crippen LogP contribution < -0.4 is 0 Å². The van der Waals surface area contributed by atoms with Crippen molar-refractivity contribution in [3.05, 3.63) is 12.2 Å². The average molecular weight is 146 g/mol. The van der Waals surface area contributed by atoms with Gasteiger partial charge in [0, 0.05) is 11.0 Å². The Hall–Kier alpha value is 0.440. The van der Waals surface area contributed by atoms with Crippen LogP contribution in [0.3, 0.4) is 0 Å². The molecule has 1 fully saturated rings. The van der Waals surface area contributed by atoms with Crippen LogP contribution in [0.1, 0.15) is 13.3 Å². The third-order valence-electron chi connectivity index (χ3n) is 1.08. The van der Waals surface area contributed by atoms with E-state index in [-0.39, 0.29) is 0 Å². The molecule has 1 heterocycles. The first-order valence-electron chi connectivity index (χ1n) is 2.84. The van der Waals surface area contributed by atoms with Gasteiger partial charge in [0.25, 0.3) is 0 Å². The minimum absolute atomic E-state index is 0.810. The molecule has 0 aromatic carbocycles. The highest BCUT2D eigenvalue weighted by Crippen LogP contribution is 2.37. The van der Waals surface area contributed by atoms with Gasteiger partial charge < -0.3 is 0 Å². The van der Waals surface area contributed by atoms with E-state index in [4.69, 9.17) is 0 Å². The Kier molecular flexibility index (Phi) is 2.84. The Balaban J connectivity index is 2.24. The van der Waals surface area contributed by atoms with Gasteiger partial charge in [-0.25, -0.2) is 0 Å². The minimum atomic E-state index is 0.810. The summed E-state index contributed by atoms with van der Waals surface area (Å²) in [4.78, 5) is 0. The molecule has 0 unspecified atom stereocenters. The summed E-state index contributed by atoms with van der Waals surface area (Å²) in [5.74, 6) is 1.33. The predicted molar refractivity (Wildman–Crippen MR) is 43.3 cm³/mol. The zero-order valence-electron chi connectivity index (χ0n) is 4.96. The fraction of sp³-hybridized carbons (Fsp3) is 0.667. The molecule has 46 valence electrons. The Labute approximate surface area is 58.5 Å². The van der Waals surface area contributed by atoms with E-state index in [1.54, 1.807) is 0 Å². The Morgan fingerprint density at radius 1 is 1.62 bits per heavy atom. The predicted octanol–water partition coefficient (Wildman–Crippen LogP) is 2.72. The summed E-state index contributed by atoms with van der Waals surface area (Å²) in [6, 6.07) is 0. The van der Waals surface area contributed by atoms with E-state index in [1.165, 1.54) is 12.2 Å². The second-order valence-electron chi connectivity index (χ2n) is 1.77. The highest BCUT2D eigenvalue weighted by Gasteiger charge is 2.11. The lowest BCUT2D eigenvalue weighted by Gasteiger charge is -1.94. The van der Waals surface area contributed by atoms with Crippen LogP contribution in [-0.4, -0.2) is 11.0 Å². The van der Waals surface area contributed by atoms with Gasteiger partial charge >= 0.3 is 0 Å². The van der Waals surface area contributed by atoms with Crippen LogP contribution >= 0.6 is 21.6 Å². The van der Waals surface area contributed by atoms with Crippen LogP contribution in [0.25, 0.3) is 0 Å². The van der Waals surface area contributed by atoms with Gasteiger partial charge in [0.1, 0.15) is 0 Å². The lowest BCUT2D eigenvalue weighted by Crippen LogP contribution is -1.88. The molecule has 0 nitrogen and oxygen atoms in total. The van der Waals surface area contributed by atoms with Gasteiger partial charge in [0.2, 0.25) is 0 Å². The molecule has 0 aromatic heterocycles. The van der Waals surface area contributed by atoms with E-state index in [1.807, 2.05) is 21.6 Å². The van der Waals surface area contributed by atoms with Crippen molar-refractivity contribution in [1.29, 1.82) is 0 Å². The zero-order valence-corrected chi connectivity index (χ0v) is 6.60. The van der Waals surface area contributed by atoms with Crippen LogP contribution in [0, 0.1) is 0 Å². The minimum Gasteiger partial charge on any atom is -0.0935 e. The molecule has 1 aliphatic rings.